The molecule has 1 aliphatic rings. The van der Waals surface area contributed by atoms with Crippen molar-refractivity contribution in [3.05, 3.63) is 110 Å². The Morgan fingerprint density at radius 1 is 1.11 bits per heavy atom. The topological polar surface area (TPSA) is 124 Å². The highest BCUT2D eigenvalue weighted by Gasteiger charge is 2.26. The highest BCUT2D eigenvalue weighted by Crippen LogP contribution is 2.34. The second-order valence-electron chi connectivity index (χ2n) is 8.01. The Balaban J connectivity index is 1.49. The predicted octanol–water partition coefficient (Wildman–Crippen LogP) is 5.81. The number of nitrogens with one attached hydrogen (secondary N) is 2. The quantitative estimate of drug-likeness (QED) is 0.235. The molecular formula is C25H18Cl2N6O4. The van der Waals surface area contributed by atoms with E-state index in [-0.39, 0.29) is 28.3 Å². The van der Waals surface area contributed by atoms with E-state index in [9.17, 15) is 14.9 Å². The van der Waals surface area contributed by atoms with Crippen LogP contribution < -0.4 is 15.4 Å². The number of fused-ring (bicyclic) bond motifs is 1. The maximum Gasteiger partial charge on any atom is 0.288 e. The van der Waals surface area contributed by atoms with Crippen molar-refractivity contribution in [1.82, 2.24) is 14.8 Å². The number of aromatic nitrogens is 3. The average Bonchev–Trinajstić information content (AvgIpc) is 3.31. The van der Waals surface area contributed by atoms with Gasteiger partial charge in [0.1, 0.15) is 16.8 Å². The van der Waals surface area contributed by atoms with Crippen molar-refractivity contribution >= 4 is 52.4 Å². The molecule has 0 radical (unpaired) electrons. The summed E-state index contributed by atoms with van der Waals surface area (Å²) < 4.78 is 6.92. The summed E-state index contributed by atoms with van der Waals surface area (Å²) in [5.74, 6) is 0.512. The van der Waals surface area contributed by atoms with E-state index in [1.165, 1.54) is 12.1 Å². The molecule has 0 spiro atoms. The molecule has 0 bridgehead atoms. The lowest BCUT2D eigenvalue weighted by Crippen LogP contribution is -2.20. The second-order valence-corrected chi connectivity index (χ2v) is 8.85. The number of nitro groups is 1. The van der Waals surface area contributed by atoms with Gasteiger partial charge < -0.3 is 10.1 Å². The molecule has 4 aromatic rings. The van der Waals surface area contributed by atoms with Gasteiger partial charge in [-0.15, -0.1) is 5.10 Å². The lowest BCUT2D eigenvalue weighted by Gasteiger charge is -2.24. The van der Waals surface area contributed by atoms with E-state index in [0.29, 0.717) is 16.7 Å². The molecule has 0 saturated heterocycles. The standard InChI is InChI=1S/C25H18Cl2N6O4/c1-37-18-9-4-15(5-10-18)21-13-20(14-2-7-17(26)8-3-14)28-25-30-24(31-32(21)25)29-23(34)16-6-11-19(27)22(12-16)33(35)36/h2-13,21H,1H3,(H2,28,29,30,31,34). The molecule has 37 heavy (non-hydrogen) atoms. The zero-order valence-corrected chi connectivity index (χ0v) is 20.7. The Hall–Kier alpha value is -4.41. The van der Waals surface area contributed by atoms with Crippen LogP contribution in [0.15, 0.2) is 72.8 Å². The fourth-order valence-corrected chi connectivity index (χ4v) is 4.16. The lowest BCUT2D eigenvalue weighted by atomic mass is 10.0. The third kappa shape index (κ3) is 4.97. The minimum Gasteiger partial charge on any atom is -0.497 e. The van der Waals surface area contributed by atoms with E-state index in [2.05, 4.69) is 20.7 Å². The molecule has 0 aliphatic carbocycles. The van der Waals surface area contributed by atoms with E-state index in [0.717, 1.165) is 22.9 Å². The fourth-order valence-electron chi connectivity index (χ4n) is 3.85. The number of allylic oxidation sites excluding steroid dienone is 1. The molecule has 1 amide bonds. The van der Waals surface area contributed by atoms with Gasteiger partial charge in [-0.2, -0.15) is 4.98 Å². The highest BCUT2D eigenvalue weighted by atomic mass is 35.5. The van der Waals surface area contributed by atoms with Gasteiger partial charge in [-0.3, -0.25) is 20.2 Å². The van der Waals surface area contributed by atoms with Crippen molar-refractivity contribution in [3.63, 3.8) is 0 Å². The van der Waals surface area contributed by atoms with E-state index in [4.69, 9.17) is 27.9 Å². The monoisotopic (exact) mass is 536 g/mol. The maximum absolute atomic E-state index is 12.8. The van der Waals surface area contributed by atoms with Crippen LogP contribution >= 0.6 is 23.2 Å². The molecule has 5 rings (SSSR count). The van der Waals surface area contributed by atoms with Crippen LogP contribution in [0.2, 0.25) is 10.0 Å². The molecule has 1 aliphatic heterocycles. The van der Waals surface area contributed by atoms with Crippen LogP contribution in [-0.2, 0) is 0 Å². The number of hydrogen-bond acceptors (Lipinski definition) is 7. The van der Waals surface area contributed by atoms with E-state index >= 15 is 0 Å². The van der Waals surface area contributed by atoms with Crippen molar-refractivity contribution in [2.24, 2.45) is 0 Å². The Kier molecular flexibility index (Phi) is 6.51. The minimum absolute atomic E-state index is 0.0226. The van der Waals surface area contributed by atoms with Gasteiger partial charge in [0.15, 0.2) is 0 Å². The van der Waals surface area contributed by atoms with Crippen LogP contribution in [0.25, 0.3) is 5.70 Å². The number of benzene rings is 3. The van der Waals surface area contributed by atoms with Crippen molar-refractivity contribution < 1.29 is 14.5 Å². The molecule has 2 heterocycles. The lowest BCUT2D eigenvalue weighted by molar-refractivity contribution is -0.384. The molecule has 3 aromatic carbocycles. The van der Waals surface area contributed by atoms with E-state index in [1.807, 2.05) is 42.5 Å². The number of halogens is 2. The van der Waals surface area contributed by atoms with Gasteiger partial charge in [0.05, 0.1) is 12.0 Å². The van der Waals surface area contributed by atoms with Gasteiger partial charge in [0.25, 0.3) is 17.5 Å². The molecule has 1 atom stereocenters. The van der Waals surface area contributed by atoms with Gasteiger partial charge in [-0.05, 0) is 53.6 Å². The van der Waals surface area contributed by atoms with Crippen LogP contribution in [-0.4, -0.2) is 32.7 Å². The van der Waals surface area contributed by atoms with Crippen molar-refractivity contribution in [1.29, 1.82) is 0 Å². The first kappa shape index (κ1) is 24.3. The fraction of sp³-hybridized carbons (Fsp3) is 0.0800. The number of hydrogen-bond donors (Lipinski definition) is 2. The first-order chi connectivity index (χ1) is 17.8. The highest BCUT2D eigenvalue weighted by molar-refractivity contribution is 6.32. The normalized spacial score (nSPS) is 14.2. The van der Waals surface area contributed by atoms with Crippen molar-refractivity contribution in [3.8, 4) is 5.75 Å². The number of methoxy groups -OCH3 is 1. The summed E-state index contributed by atoms with van der Waals surface area (Å²) in [6.07, 6.45) is 1.99. The smallest absolute Gasteiger partial charge is 0.288 e. The third-order valence-electron chi connectivity index (χ3n) is 5.71. The van der Waals surface area contributed by atoms with Gasteiger partial charge in [-0.25, -0.2) is 4.68 Å². The number of nitro benzene ring substituents is 1. The summed E-state index contributed by atoms with van der Waals surface area (Å²) in [7, 11) is 1.60. The molecule has 2 N–H and O–H groups in total. The number of nitrogens with zero attached hydrogens (tertiary/aromatic N) is 4. The van der Waals surface area contributed by atoms with Crippen LogP contribution in [0.3, 0.4) is 0 Å². The SMILES string of the molecule is COc1ccc(C2C=C(c3ccc(Cl)cc3)Nc3nc(NC(=O)c4ccc(Cl)c([N+](=O)[O-])c4)nn32)cc1. The Labute approximate surface area is 220 Å². The molecule has 12 heteroatoms. The molecular weight excluding hydrogens is 519 g/mol. The summed E-state index contributed by atoms with van der Waals surface area (Å²) in [6, 6.07) is 18.3. The summed E-state index contributed by atoms with van der Waals surface area (Å²) in [6.45, 7) is 0. The van der Waals surface area contributed by atoms with E-state index < -0.39 is 10.8 Å². The molecule has 186 valence electrons. The minimum atomic E-state index is -0.653. The van der Waals surface area contributed by atoms with Gasteiger partial charge >= 0.3 is 0 Å². The number of amides is 1. The number of carbonyl (C=O) groups excluding carboxylic acids is 1. The first-order valence-corrected chi connectivity index (χ1v) is 11.7. The van der Waals surface area contributed by atoms with Gasteiger partial charge in [0, 0.05) is 22.3 Å². The largest absolute Gasteiger partial charge is 0.497 e. The van der Waals surface area contributed by atoms with Crippen molar-refractivity contribution in [2.45, 2.75) is 6.04 Å². The Morgan fingerprint density at radius 2 is 1.84 bits per heavy atom. The van der Waals surface area contributed by atoms with Gasteiger partial charge in [-0.1, -0.05) is 47.5 Å². The second kappa shape index (κ2) is 9.92. The number of carbonyl (C=O) groups is 1. The Morgan fingerprint density at radius 3 is 2.51 bits per heavy atom. The van der Waals surface area contributed by atoms with Gasteiger partial charge in [0.2, 0.25) is 5.95 Å². The van der Waals surface area contributed by atoms with Crippen LogP contribution in [0.1, 0.15) is 27.5 Å². The molecule has 1 unspecified atom stereocenters. The number of ether oxygens (including phenoxy) is 1. The van der Waals surface area contributed by atoms with Crippen LogP contribution in [0, 0.1) is 10.1 Å². The third-order valence-corrected chi connectivity index (χ3v) is 6.28. The molecule has 0 saturated carbocycles. The molecule has 0 fully saturated rings. The summed E-state index contributed by atoms with van der Waals surface area (Å²) in [5, 5.41) is 22.1. The summed E-state index contributed by atoms with van der Waals surface area (Å²) in [4.78, 5) is 27.8. The average molecular weight is 537 g/mol. The summed E-state index contributed by atoms with van der Waals surface area (Å²) >= 11 is 11.9. The molecule has 10 nitrogen and oxygen atoms in total. The number of anilines is 2. The first-order valence-electron chi connectivity index (χ1n) is 10.9. The summed E-state index contributed by atoms with van der Waals surface area (Å²) in [5.41, 5.74) is 2.25. The zero-order valence-electron chi connectivity index (χ0n) is 19.2. The maximum atomic E-state index is 12.8. The number of rotatable bonds is 6. The Bertz CT molecular complexity index is 1530. The van der Waals surface area contributed by atoms with Crippen LogP contribution in [0.4, 0.5) is 17.6 Å². The molecule has 1 aromatic heterocycles. The zero-order chi connectivity index (χ0) is 26.1. The van der Waals surface area contributed by atoms with Crippen molar-refractivity contribution in [2.75, 3.05) is 17.7 Å². The predicted molar refractivity (Wildman–Crippen MR) is 140 cm³/mol. The van der Waals surface area contributed by atoms with Crippen LogP contribution in [0.5, 0.6) is 5.75 Å². The van der Waals surface area contributed by atoms with E-state index in [1.54, 1.807) is 23.9 Å².